The van der Waals surface area contributed by atoms with Crippen LogP contribution in [-0.2, 0) is 15.0 Å². The average Bonchev–Trinajstić information content (AvgIpc) is 3.12. The van der Waals surface area contributed by atoms with Crippen LogP contribution in [0.2, 0.25) is 0 Å². The smallest absolute Gasteiger partial charge is 0.274 e. The van der Waals surface area contributed by atoms with Crippen LogP contribution in [0.5, 0.6) is 5.75 Å². The Balaban J connectivity index is 2.06. The molecule has 0 saturated carbocycles. The van der Waals surface area contributed by atoms with Crippen molar-refractivity contribution in [3.63, 3.8) is 0 Å². The Labute approximate surface area is 167 Å². The van der Waals surface area contributed by atoms with E-state index >= 15 is 0 Å². The van der Waals surface area contributed by atoms with Gasteiger partial charge in [0.15, 0.2) is 11.4 Å². The van der Waals surface area contributed by atoms with Crippen LogP contribution in [0.3, 0.4) is 0 Å². The summed E-state index contributed by atoms with van der Waals surface area (Å²) in [7, 11) is 1.65. The van der Waals surface area contributed by atoms with Gasteiger partial charge in [-0.3, -0.25) is 9.59 Å². The number of carbonyl (C=O) groups excluding carboxylic acids is 1. The lowest BCUT2D eigenvalue weighted by atomic mass is 9.93. The highest BCUT2D eigenvalue weighted by Crippen LogP contribution is 2.37. The Hall–Kier alpha value is -1.38. The fraction of sp³-hybridized carbons (Fsp3) is 0.684. The molecule has 1 spiro atoms. The SMILES string of the molecule is CCCCOc1c2n(cc(Br)c1=O)C1(CCOC1)CN(CCCOC)C2=O. The van der Waals surface area contributed by atoms with E-state index in [0.717, 1.165) is 25.7 Å². The van der Waals surface area contributed by atoms with Crippen molar-refractivity contribution in [3.05, 3.63) is 26.6 Å². The second-order valence-corrected chi connectivity index (χ2v) is 8.01. The third kappa shape index (κ3) is 3.93. The van der Waals surface area contributed by atoms with Gasteiger partial charge in [-0.05, 0) is 35.2 Å². The summed E-state index contributed by atoms with van der Waals surface area (Å²) in [6.45, 7) is 5.34. The molecular formula is C19H27BrN2O5. The Bertz CT molecular complexity index is 742. The van der Waals surface area contributed by atoms with Gasteiger partial charge in [-0.25, -0.2) is 0 Å². The summed E-state index contributed by atoms with van der Waals surface area (Å²) in [4.78, 5) is 27.8. The first-order valence-corrected chi connectivity index (χ1v) is 10.3. The molecule has 0 radical (unpaired) electrons. The van der Waals surface area contributed by atoms with E-state index in [1.54, 1.807) is 13.3 Å². The lowest BCUT2D eigenvalue weighted by Gasteiger charge is -2.43. The number of hydrogen-bond donors (Lipinski definition) is 0. The molecule has 0 N–H and O–H groups in total. The number of methoxy groups -OCH3 is 1. The first-order valence-electron chi connectivity index (χ1n) is 9.48. The van der Waals surface area contributed by atoms with Gasteiger partial charge in [-0.2, -0.15) is 0 Å². The van der Waals surface area contributed by atoms with Gasteiger partial charge in [0, 0.05) is 39.6 Å². The van der Waals surface area contributed by atoms with Gasteiger partial charge in [-0.1, -0.05) is 13.3 Å². The maximum absolute atomic E-state index is 13.3. The molecule has 0 aromatic carbocycles. The summed E-state index contributed by atoms with van der Waals surface area (Å²) in [5.41, 5.74) is -0.304. The standard InChI is InChI=1S/C19H27BrN2O5/c1-3-4-9-27-17-15-18(24)21(7-5-8-25-2)12-19(6-10-26-13-19)22(15)11-14(20)16(17)23/h11H,3-10,12-13H2,1-2H3. The fourth-order valence-corrected chi connectivity index (χ4v) is 4.12. The highest BCUT2D eigenvalue weighted by atomic mass is 79.9. The van der Waals surface area contributed by atoms with Crippen LogP contribution >= 0.6 is 15.9 Å². The second kappa shape index (κ2) is 8.75. The van der Waals surface area contributed by atoms with E-state index in [4.69, 9.17) is 14.2 Å². The number of halogens is 1. The lowest BCUT2D eigenvalue weighted by Crippen LogP contribution is -2.55. The van der Waals surface area contributed by atoms with Crippen molar-refractivity contribution in [2.24, 2.45) is 0 Å². The minimum atomic E-state index is -0.366. The van der Waals surface area contributed by atoms with Crippen LogP contribution in [0.1, 0.15) is 43.1 Å². The number of amides is 1. The molecule has 2 aliphatic heterocycles. The molecule has 1 aromatic rings. The number of hydrogen-bond acceptors (Lipinski definition) is 5. The molecule has 0 bridgehead atoms. The molecule has 1 fully saturated rings. The van der Waals surface area contributed by atoms with E-state index in [2.05, 4.69) is 22.9 Å². The van der Waals surface area contributed by atoms with Crippen molar-refractivity contribution in [2.45, 2.75) is 38.1 Å². The van der Waals surface area contributed by atoms with Crippen LogP contribution in [0.4, 0.5) is 0 Å². The van der Waals surface area contributed by atoms with Crippen LogP contribution in [0.25, 0.3) is 0 Å². The summed E-state index contributed by atoms with van der Waals surface area (Å²) >= 11 is 3.36. The normalized spacial score (nSPS) is 21.7. The summed E-state index contributed by atoms with van der Waals surface area (Å²) in [6.07, 6.45) is 5.03. The molecule has 8 heteroatoms. The van der Waals surface area contributed by atoms with E-state index in [1.807, 2.05) is 9.47 Å². The van der Waals surface area contributed by atoms with Gasteiger partial charge in [-0.15, -0.1) is 0 Å². The zero-order valence-electron chi connectivity index (χ0n) is 16.0. The number of aromatic nitrogens is 1. The molecule has 3 heterocycles. The van der Waals surface area contributed by atoms with Gasteiger partial charge in [0.05, 0.1) is 23.2 Å². The van der Waals surface area contributed by atoms with Crippen molar-refractivity contribution in [2.75, 3.05) is 46.6 Å². The first kappa shape index (κ1) is 20.4. The van der Waals surface area contributed by atoms with Crippen molar-refractivity contribution >= 4 is 21.8 Å². The van der Waals surface area contributed by atoms with Crippen molar-refractivity contribution < 1.29 is 19.0 Å². The topological polar surface area (TPSA) is 70.0 Å². The molecule has 0 aliphatic carbocycles. The monoisotopic (exact) mass is 442 g/mol. The summed E-state index contributed by atoms with van der Waals surface area (Å²) in [6, 6.07) is 0. The molecule has 27 heavy (non-hydrogen) atoms. The van der Waals surface area contributed by atoms with Crippen molar-refractivity contribution in [1.29, 1.82) is 0 Å². The third-order valence-corrected chi connectivity index (χ3v) is 5.78. The number of ether oxygens (including phenoxy) is 3. The van der Waals surface area contributed by atoms with Crippen LogP contribution in [-0.4, -0.2) is 62.0 Å². The van der Waals surface area contributed by atoms with Gasteiger partial charge >= 0.3 is 0 Å². The molecule has 7 nitrogen and oxygen atoms in total. The fourth-order valence-electron chi connectivity index (χ4n) is 3.73. The Morgan fingerprint density at radius 3 is 2.78 bits per heavy atom. The van der Waals surface area contributed by atoms with Gasteiger partial charge in [0.2, 0.25) is 5.43 Å². The number of carbonyl (C=O) groups is 1. The van der Waals surface area contributed by atoms with E-state index in [-0.39, 0.29) is 22.6 Å². The van der Waals surface area contributed by atoms with Gasteiger partial charge in [0.25, 0.3) is 5.91 Å². The number of rotatable bonds is 8. The predicted octanol–water partition coefficient (Wildman–Crippen LogP) is 2.40. The molecule has 150 valence electrons. The van der Waals surface area contributed by atoms with E-state index < -0.39 is 0 Å². The maximum atomic E-state index is 13.3. The van der Waals surface area contributed by atoms with E-state index in [1.165, 1.54) is 0 Å². The zero-order chi connectivity index (χ0) is 19.4. The first-order chi connectivity index (χ1) is 13.0. The second-order valence-electron chi connectivity index (χ2n) is 7.16. The van der Waals surface area contributed by atoms with Crippen molar-refractivity contribution in [1.82, 2.24) is 9.47 Å². The molecule has 1 aromatic heterocycles. The Morgan fingerprint density at radius 2 is 2.11 bits per heavy atom. The van der Waals surface area contributed by atoms with Gasteiger partial charge < -0.3 is 23.7 Å². The zero-order valence-corrected chi connectivity index (χ0v) is 17.5. The highest BCUT2D eigenvalue weighted by molar-refractivity contribution is 9.10. The van der Waals surface area contributed by atoms with E-state index in [0.29, 0.717) is 49.7 Å². The predicted molar refractivity (Wildman–Crippen MR) is 105 cm³/mol. The van der Waals surface area contributed by atoms with Crippen LogP contribution < -0.4 is 10.2 Å². The molecule has 2 aliphatic rings. The molecule has 1 unspecified atom stereocenters. The molecule has 3 rings (SSSR count). The van der Waals surface area contributed by atoms with Crippen LogP contribution in [0.15, 0.2) is 15.5 Å². The molecular weight excluding hydrogens is 416 g/mol. The number of pyridine rings is 1. The van der Waals surface area contributed by atoms with E-state index in [9.17, 15) is 9.59 Å². The summed E-state index contributed by atoms with van der Waals surface area (Å²) in [5.74, 6) is -0.0229. The highest BCUT2D eigenvalue weighted by Gasteiger charge is 2.47. The van der Waals surface area contributed by atoms with Crippen molar-refractivity contribution in [3.8, 4) is 5.75 Å². The number of unbranched alkanes of at least 4 members (excludes halogenated alkanes) is 1. The maximum Gasteiger partial charge on any atom is 0.274 e. The minimum Gasteiger partial charge on any atom is -0.487 e. The summed E-state index contributed by atoms with van der Waals surface area (Å²) < 4.78 is 19.0. The quantitative estimate of drug-likeness (QED) is 0.578. The molecule has 1 atom stereocenters. The average molecular weight is 443 g/mol. The number of nitrogens with zero attached hydrogens (tertiary/aromatic N) is 2. The number of fused-ring (bicyclic) bond motifs is 2. The van der Waals surface area contributed by atoms with Gasteiger partial charge in [0.1, 0.15) is 0 Å². The Morgan fingerprint density at radius 1 is 1.30 bits per heavy atom. The molecule has 1 saturated heterocycles. The lowest BCUT2D eigenvalue weighted by molar-refractivity contribution is 0.0472. The molecule has 1 amide bonds. The summed E-state index contributed by atoms with van der Waals surface area (Å²) in [5, 5.41) is 0. The minimum absolute atomic E-state index is 0.144. The third-order valence-electron chi connectivity index (χ3n) is 5.21. The Kier molecular flexibility index (Phi) is 6.60. The van der Waals surface area contributed by atoms with Crippen LogP contribution in [0, 0.1) is 0 Å². The largest absolute Gasteiger partial charge is 0.487 e.